The first-order chi connectivity index (χ1) is 19.4. The number of methoxy groups -OCH3 is 1. The van der Waals surface area contributed by atoms with E-state index in [9.17, 15) is 32.6 Å². The second-order valence-corrected chi connectivity index (χ2v) is 10.1. The van der Waals surface area contributed by atoms with Gasteiger partial charge < -0.3 is 35.5 Å². The number of hydrogen-bond acceptors (Lipinski definition) is 8. The summed E-state index contributed by atoms with van der Waals surface area (Å²) >= 11 is 0. The number of rotatable bonds is 9. The molecule has 5 rings (SSSR count). The minimum Gasteiger partial charge on any atom is -0.493 e. The number of ether oxygens (including phenoxy) is 3. The first kappa shape index (κ1) is 28.6. The average molecular weight is 578 g/mol. The van der Waals surface area contributed by atoms with Gasteiger partial charge in [-0.05, 0) is 61.4 Å². The summed E-state index contributed by atoms with van der Waals surface area (Å²) in [4.78, 5) is 17.2. The van der Waals surface area contributed by atoms with Gasteiger partial charge in [0.25, 0.3) is 5.91 Å². The summed E-state index contributed by atoms with van der Waals surface area (Å²) in [6, 6.07) is 10.1. The van der Waals surface area contributed by atoms with Crippen LogP contribution in [0.4, 0.5) is 17.6 Å². The lowest BCUT2D eigenvalue weighted by atomic mass is 9.88. The number of carbonyl (C=O) groups excluding carboxylic acids is 1. The van der Waals surface area contributed by atoms with Gasteiger partial charge in [0.2, 0.25) is 0 Å². The number of amides is 1. The average Bonchev–Trinajstić information content (AvgIpc) is 3.71. The molecule has 0 radical (unpaired) electrons. The summed E-state index contributed by atoms with van der Waals surface area (Å²) in [6.07, 6.45) is -3.01. The molecule has 2 aliphatic rings. The van der Waals surface area contributed by atoms with Crippen molar-refractivity contribution in [2.24, 2.45) is 5.73 Å². The van der Waals surface area contributed by atoms with Crippen molar-refractivity contribution in [2.75, 3.05) is 26.9 Å². The zero-order valence-electron chi connectivity index (χ0n) is 21.8. The van der Waals surface area contributed by atoms with Gasteiger partial charge in [0.15, 0.2) is 22.8 Å². The highest BCUT2D eigenvalue weighted by Crippen LogP contribution is 2.49. The molecule has 5 N–H and O–H groups in total. The number of fused-ring (bicyclic) bond motifs is 1. The molecule has 2 aromatic carbocycles. The van der Waals surface area contributed by atoms with E-state index in [0.29, 0.717) is 11.5 Å². The first-order valence-corrected chi connectivity index (χ1v) is 12.6. The normalized spacial score (nSPS) is 19.6. The molecule has 0 spiro atoms. The number of nitrogens with two attached hydrogens (primary N) is 1. The van der Waals surface area contributed by atoms with Crippen LogP contribution >= 0.6 is 0 Å². The second kappa shape index (κ2) is 10.5. The smallest absolute Gasteiger partial charge is 0.414 e. The Morgan fingerprint density at radius 2 is 1.88 bits per heavy atom. The van der Waals surface area contributed by atoms with Gasteiger partial charge in [-0.15, -0.1) is 0 Å². The highest BCUT2D eigenvalue weighted by Gasteiger charge is 2.59. The fraction of sp³-hybridized carbons (Fsp3) is 0.357. The maximum Gasteiger partial charge on any atom is 0.414 e. The van der Waals surface area contributed by atoms with Crippen molar-refractivity contribution in [3.05, 3.63) is 71.2 Å². The molecule has 0 saturated heterocycles. The monoisotopic (exact) mass is 577 g/mol. The predicted octanol–water partition coefficient (Wildman–Crippen LogP) is 3.16. The van der Waals surface area contributed by atoms with Crippen molar-refractivity contribution in [1.82, 2.24) is 10.3 Å². The fourth-order valence-electron chi connectivity index (χ4n) is 4.38. The number of benzene rings is 2. The van der Waals surface area contributed by atoms with Gasteiger partial charge >= 0.3 is 6.18 Å². The van der Waals surface area contributed by atoms with Crippen molar-refractivity contribution in [1.29, 1.82) is 0 Å². The third kappa shape index (κ3) is 5.39. The molecule has 9 nitrogen and oxygen atoms in total. The molecule has 1 fully saturated rings. The van der Waals surface area contributed by atoms with E-state index in [0.717, 1.165) is 31.0 Å². The van der Waals surface area contributed by atoms with Crippen molar-refractivity contribution in [2.45, 2.75) is 36.3 Å². The number of nitrogens with zero attached hydrogens (tertiary/aromatic N) is 1. The van der Waals surface area contributed by atoms with Gasteiger partial charge in [-0.25, -0.2) is 9.37 Å². The second-order valence-electron chi connectivity index (χ2n) is 10.1. The van der Waals surface area contributed by atoms with Crippen molar-refractivity contribution < 1.29 is 46.8 Å². The number of aliphatic hydroxyl groups is 2. The Kier molecular flexibility index (Phi) is 7.30. The molecule has 0 bridgehead atoms. The molecule has 2 heterocycles. The van der Waals surface area contributed by atoms with Crippen LogP contribution in [0.25, 0.3) is 11.3 Å². The molecule has 1 amide bonds. The molecule has 3 aromatic rings. The van der Waals surface area contributed by atoms with E-state index >= 15 is 0 Å². The van der Waals surface area contributed by atoms with E-state index in [1.54, 1.807) is 6.07 Å². The van der Waals surface area contributed by atoms with Crippen molar-refractivity contribution in [3.63, 3.8) is 0 Å². The molecule has 1 saturated carbocycles. The van der Waals surface area contributed by atoms with E-state index in [4.69, 9.17) is 19.9 Å². The molecule has 218 valence electrons. The number of hydrogen-bond donors (Lipinski definition) is 4. The van der Waals surface area contributed by atoms with Crippen LogP contribution in [0.2, 0.25) is 0 Å². The van der Waals surface area contributed by atoms with Gasteiger partial charge in [0.1, 0.15) is 23.7 Å². The summed E-state index contributed by atoms with van der Waals surface area (Å²) in [5.41, 5.74) is -0.276. The van der Waals surface area contributed by atoms with Crippen LogP contribution in [-0.4, -0.2) is 60.3 Å². The molecule has 1 aliphatic carbocycles. The summed E-state index contributed by atoms with van der Waals surface area (Å²) in [5, 5.41) is 24.0. The molecule has 2 atom stereocenters. The Labute approximate surface area is 231 Å². The van der Waals surface area contributed by atoms with Gasteiger partial charge in [0.05, 0.1) is 32.1 Å². The van der Waals surface area contributed by atoms with Gasteiger partial charge in [-0.3, -0.25) is 4.79 Å². The van der Waals surface area contributed by atoms with Crippen molar-refractivity contribution >= 4 is 5.91 Å². The number of aromatic nitrogens is 1. The van der Waals surface area contributed by atoms with Crippen LogP contribution in [0.15, 0.2) is 48.5 Å². The van der Waals surface area contributed by atoms with E-state index in [2.05, 4.69) is 10.3 Å². The van der Waals surface area contributed by atoms with Crippen LogP contribution in [-0.2, 0) is 11.1 Å². The molecule has 13 heteroatoms. The molecular weight excluding hydrogens is 550 g/mol. The third-order valence-electron chi connectivity index (χ3n) is 7.04. The number of pyridine rings is 1. The van der Waals surface area contributed by atoms with Crippen LogP contribution in [0.3, 0.4) is 0 Å². The van der Waals surface area contributed by atoms with E-state index in [-0.39, 0.29) is 28.7 Å². The largest absolute Gasteiger partial charge is 0.493 e. The van der Waals surface area contributed by atoms with E-state index in [1.807, 2.05) is 0 Å². The van der Waals surface area contributed by atoms with Gasteiger partial charge in [-0.2, -0.15) is 13.2 Å². The summed E-state index contributed by atoms with van der Waals surface area (Å²) < 4.78 is 72.2. The summed E-state index contributed by atoms with van der Waals surface area (Å²) in [5.74, 6) is -0.766. The standard InChI is InChI=1S/C28H27F4N3O6/c1-39-21-10-16(4-9-20(21)41-18-7-8-18)25(37)34-12-26(38,13-36)22-11-19-24(40-14-27(19,33)28(30,31)32)23(35-22)15-2-5-17(29)6-3-15/h2-6,9-11,18,36,38H,7-8,12-14,33H2,1H3,(H,34,37). The molecule has 2 unspecified atom stereocenters. The first-order valence-electron chi connectivity index (χ1n) is 12.6. The fourth-order valence-corrected chi connectivity index (χ4v) is 4.38. The lowest BCUT2D eigenvalue weighted by Crippen LogP contribution is -2.52. The molecule has 1 aliphatic heterocycles. The zero-order valence-corrected chi connectivity index (χ0v) is 21.8. The Bertz CT molecular complexity index is 1460. The van der Waals surface area contributed by atoms with E-state index < -0.39 is 60.1 Å². The van der Waals surface area contributed by atoms with Crippen LogP contribution < -0.4 is 25.3 Å². The highest BCUT2D eigenvalue weighted by molar-refractivity contribution is 5.95. The minimum absolute atomic E-state index is 0.0951. The van der Waals surface area contributed by atoms with E-state index in [1.165, 1.54) is 31.4 Å². The lowest BCUT2D eigenvalue weighted by Gasteiger charge is -2.29. The quantitative estimate of drug-likeness (QED) is 0.285. The minimum atomic E-state index is -4.95. The molecule has 1 aromatic heterocycles. The number of carbonyl (C=O) groups is 1. The SMILES string of the molecule is COc1cc(C(=O)NCC(O)(CO)c2cc3c(c(-c4ccc(F)cc4)n2)OCC3(N)C(F)(F)F)ccc1OC1CC1. The van der Waals surface area contributed by atoms with Crippen LogP contribution in [0, 0.1) is 5.82 Å². The number of alkyl halides is 3. The maximum atomic E-state index is 14.1. The highest BCUT2D eigenvalue weighted by atomic mass is 19.4. The lowest BCUT2D eigenvalue weighted by molar-refractivity contribution is -0.191. The maximum absolute atomic E-state index is 14.1. The van der Waals surface area contributed by atoms with Gasteiger partial charge in [0, 0.05) is 16.7 Å². The number of halogens is 4. The van der Waals surface area contributed by atoms with Crippen LogP contribution in [0.5, 0.6) is 17.2 Å². The molecule has 41 heavy (non-hydrogen) atoms. The van der Waals surface area contributed by atoms with Gasteiger partial charge in [-0.1, -0.05) is 0 Å². The summed E-state index contributed by atoms with van der Waals surface area (Å²) in [7, 11) is 1.42. The Hall–Kier alpha value is -3.94. The van der Waals surface area contributed by atoms with Crippen molar-refractivity contribution in [3.8, 4) is 28.5 Å². The third-order valence-corrected chi connectivity index (χ3v) is 7.04. The Balaban J connectivity index is 1.48. The van der Waals surface area contributed by atoms with Crippen LogP contribution in [0.1, 0.15) is 34.5 Å². The summed E-state index contributed by atoms with van der Waals surface area (Å²) in [6.45, 7) is -2.62. The Morgan fingerprint density at radius 1 is 1.17 bits per heavy atom. The predicted molar refractivity (Wildman–Crippen MR) is 137 cm³/mol. The molecular formula is C28H27F4N3O6. The number of aliphatic hydroxyl groups excluding tert-OH is 1. The Morgan fingerprint density at radius 3 is 2.49 bits per heavy atom. The zero-order chi connectivity index (χ0) is 29.6. The topological polar surface area (TPSA) is 136 Å². The number of nitrogens with one attached hydrogen (secondary N) is 1.